The summed E-state index contributed by atoms with van der Waals surface area (Å²) < 4.78 is 54.1. The van der Waals surface area contributed by atoms with Crippen LogP contribution in [0, 0.1) is 35.5 Å². The number of aryl methyl sites for hydroxylation is 1. The van der Waals surface area contributed by atoms with Crippen molar-refractivity contribution in [3.05, 3.63) is 106 Å². The zero-order valence-electron chi connectivity index (χ0n) is 32.2. The Kier molecular flexibility index (Phi) is 13.8. The van der Waals surface area contributed by atoms with E-state index in [0.29, 0.717) is 49.0 Å². The molecular weight excluding hydrogens is 758 g/mol. The van der Waals surface area contributed by atoms with Crippen molar-refractivity contribution in [2.75, 3.05) is 19.8 Å². The van der Waals surface area contributed by atoms with Crippen LogP contribution in [0.25, 0.3) is 0 Å². The van der Waals surface area contributed by atoms with Gasteiger partial charge in [-0.1, -0.05) is 60.4 Å². The third-order valence-corrected chi connectivity index (χ3v) is 13.3. The maximum atomic E-state index is 13.5. The van der Waals surface area contributed by atoms with Gasteiger partial charge in [0, 0.05) is 49.4 Å². The molecule has 8 N–H and O–H groups in total. The van der Waals surface area contributed by atoms with E-state index in [4.69, 9.17) is 20.9 Å². The van der Waals surface area contributed by atoms with E-state index in [1.165, 1.54) is 0 Å². The number of hydrogen-bond acceptors (Lipinski definition) is 10. The standard InChI is InChI=1S/C43H51N3O9S.Na/c44-42(45)46-43(23-28(25-49)16-17-47)33-9-7-29(8-10-33)40-31-19-32(22-38(40)39(56(51,52)53)15-6-26-4-12-35(55-43)13-5-26)41-37-14-11-34(50)20-30(37)3-1-2-27(24-48)18-36(21-31)54-41;/h4-5,7-14,20,22,27-28,31,36,38-41,47-50H,2,6,15-19,21,23-25H2,(H4,44,45,46)(H,51,52,53);/q;+1/p-1. The van der Waals surface area contributed by atoms with Gasteiger partial charge in [0.05, 0.1) is 21.5 Å². The van der Waals surface area contributed by atoms with Gasteiger partial charge in [0.15, 0.2) is 5.96 Å². The van der Waals surface area contributed by atoms with Crippen molar-refractivity contribution < 1.29 is 72.4 Å². The average molecular weight is 808 g/mol. The predicted octanol–water partition coefficient (Wildman–Crippen LogP) is 1.07. The van der Waals surface area contributed by atoms with Gasteiger partial charge in [0.25, 0.3) is 0 Å². The van der Waals surface area contributed by atoms with Crippen LogP contribution in [0.15, 0.2) is 83.4 Å². The van der Waals surface area contributed by atoms with Gasteiger partial charge in [-0.2, -0.15) is 0 Å². The topological polar surface area (TPSA) is 221 Å². The van der Waals surface area contributed by atoms with E-state index in [1.54, 1.807) is 30.3 Å². The number of phenols is 1. The van der Waals surface area contributed by atoms with Crippen LogP contribution in [0.4, 0.5) is 0 Å². The number of phenolic OH excluding ortho intramolecular Hbond substituents is 1. The molecule has 6 heterocycles. The molecule has 1 fully saturated rings. The van der Waals surface area contributed by atoms with E-state index in [1.807, 2.05) is 42.5 Å². The normalized spacial score (nSPS) is 28.5. The molecule has 1 saturated heterocycles. The number of nitrogens with zero attached hydrogens (tertiary/aromatic N) is 1. The second-order valence-electron chi connectivity index (χ2n) is 15.8. The van der Waals surface area contributed by atoms with Gasteiger partial charge in [0.2, 0.25) is 5.72 Å². The Morgan fingerprint density at radius 3 is 2.46 bits per heavy atom. The first-order valence-corrected chi connectivity index (χ1v) is 20.8. The Morgan fingerprint density at radius 2 is 1.79 bits per heavy atom. The van der Waals surface area contributed by atoms with E-state index in [9.17, 15) is 33.4 Å². The summed E-state index contributed by atoms with van der Waals surface area (Å²) in [6.45, 7) is -0.487. The van der Waals surface area contributed by atoms with Crippen molar-refractivity contribution in [1.82, 2.24) is 0 Å². The van der Waals surface area contributed by atoms with E-state index in [0.717, 1.165) is 22.3 Å². The van der Waals surface area contributed by atoms with Crippen molar-refractivity contribution in [3.63, 3.8) is 0 Å². The maximum Gasteiger partial charge on any atom is 1.00 e. The van der Waals surface area contributed by atoms with Gasteiger partial charge in [-0.25, -0.2) is 13.4 Å². The summed E-state index contributed by atoms with van der Waals surface area (Å²) >= 11 is 0. The van der Waals surface area contributed by atoms with Crippen LogP contribution in [0.3, 0.4) is 0 Å². The second-order valence-corrected chi connectivity index (χ2v) is 17.4. The fourth-order valence-corrected chi connectivity index (χ4v) is 10.4. The molecule has 14 heteroatoms. The maximum absolute atomic E-state index is 13.5. The molecule has 57 heavy (non-hydrogen) atoms. The number of allylic oxidation sites excluding steroid dienone is 1. The molecule has 0 radical (unpaired) electrons. The molecule has 10 rings (SSSR count). The van der Waals surface area contributed by atoms with E-state index < -0.39 is 45.0 Å². The first-order chi connectivity index (χ1) is 26.9. The number of aromatic hydroxyl groups is 1. The molecule has 12 nitrogen and oxygen atoms in total. The van der Waals surface area contributed by atoms with E-state index in [2.05, 4.69) is 16.8 Å². The number of nitrogens with two attached hydrogens (primary N) is 2. The summed E-state index contributed by atoms with van der Waals surface area (Å²) in [5.41, 5.74) is 15.0. The molecule has 0 aromatic heterocycles. The minimum Gasteiger partial charge on any atom is -0.748 e. The van der Waals surface area contributed by atoms with Gasteiger partial charge in [-0.15, -0.1) is 0 Å². The fraction of sp³-hybridized carbons (Fsp3) is 0.465. The summed E-state index contributed by atoms with van der Waals surface area (Å²) in [7, 11) is -4.84. The monoisotopic (exact) mass is 807 g/mol. The quantitative estimate of drug-likeness (QED) is 0.0472. The number of aliphatic hydroxyl groups excluding tert-OH is 3. The minimum atomic E-state index is -4.84. The number of hydrogen-bond donors (Lipinski definition) is 6. The molecule has 8 bridgehead atoms. The number of rotatable bonds is 8. The van der Waals surface area contributed by atoms with Crippen LogP contribution in [0.5, 0.6) is 11.5 Å². The van der Waals surface area contributed by atoms with Gasteiger partial charge in [-0.3, -0.25) is 0 Å². The number of benzene rings is 3. The summed E-state index contributed by atoms with van der Waals surface area (Å²) in [4.78, 5) is 4.64. The summed E-state index contributed by atoms with van der Waals surface area (Å²) in [6, 6.07) is 19.6. The number of guanidine groups is 1. The average Bonchev–Trinajstić information content (AvgIpc) is 3.29. The number of ether oxygens (including phenoxy) is 2. The number of aliphatic imine (C=N–C) groups is 1. The largest absolute Gasteiger partial charge is 1.00 e. The molecule has 3 aromatic rings. The van der Waals surface area contributed by atoms with Crippen LogP contribution in [0.1, 0.15) is 84.8 Å². The molecule has 0 amide bonds. The zero-order valence-corrected chi connectivity index (χ0v) is 35.0. The molecule has 298 valence electrons. The van der Waals surface area contributed by atoms with Crippen LogP contribution in [-0.2, 0) is 27.0 Å². The zero-order chi connectivity index (χ0) is 39.6. The smallest absolute Gasteiger partial charge is 0.748 e. The van der Waals surface area contributed by atoms with Crippen molar-refractivity contribution >= 4 is 16.1 Å². The van der Waals surface area contributed by atoms with Gasteiger partial charge >= 0.3 is 29.6 Å². The molecule has 0 spiro atoms. The molecule has 7 aliphatic rings. The van der Waals surface area contributed by atoms with Crippen molar-refractivity contribution in [2.45, 2.75) is 80.5 Å². The summed E-state index contributed by atoms with van der Waals surface area (Å²) in [5.74, 6) is 4.76. The predicted molar refractivity (Wildman–Crippen MR) is 209 cm³/mol. The van der Waals surface area contributed by atoms with Crippen LogP contribution in [-0.4, -0.2) is 70.5 Å². The van der Waals surface area contributed by atoms with Crippen molar-refractivity contribution in [3.8, 4) is 23.3 Å². The first kappa shape index (κ1) is 43.2. The second kappa shape index (κ2) is 18.2. The van der Waals surface area contributed by atoms with Crippen LogP contribution in [0.2, 0.25) is 0 Å². The number of fused-ring (bicyclic) bond motifs is 7. The van der Waals surface area contributed by atoms with Crippen LogP contribution < -0.4 is 45.8 Å². The molecule has 0 saturated carbocycles. The summed E-state index contributed by atoms with van der Waals surface area (Å²) in [5, 5.41) is 39.6. The minimum absolute atomic E-state index is 0. The Morgan fingerprint density at radius 1 is 1.04 bits per heavy atom. The molecule has 6 aliphatic heterocycles. The molecular formula is C43H50N3NaO9S. The first-order valence-electron chi connectivity index (χ1n) is 19.3. The van der Waals surface area contributed by atoms with Gasteiger partial charge < -0.3 is 45.9 Å². The molecule has 9 unspecified atom stereocenters. The summed E-state index contributed by atoms with van der Waals surface area (Å²) in [6.07, 6.45) is 3.90. The third-order valence-electron chi connectivity index (χ3n) is 12.0. The van der Waals surface area contributed by atoms with Crippen molar-refractivity contribution in [2.24, 2.45) is 40.1 Å². The van der Waals surface area contributed by atoms with E-state index in [-0.39, 0.29) is 98.3 Å². The van der Waals surface area contributed by atoms with Crippen molar-refractivity contribution in [1.29, 1.82) is 0 Å². The Bertz CT molecular complexity index is 2120. The fourth-order valence-electron chi connectivity index (χ4n) is 9.40. The number of aliphatic hydroxyl groups is 3. The van der Waals surface area contributed by atoms with Gasteiger partial charge in [-0.05, 0) is 109 Å². The van der Waals surface area contributed by atoms with E-state index >= 15 is 0 Å². The molecule has 9 atom stereocenters. The third kappa shape index (κ3) is 9.57. The van der Waals surface area contributed by atoms with Gasteiger partial charge in [0.1, 0.15) is 17.6 Å². The molecule has 1 aliphatic carbocycles. The Labute approximate surface area is 356 Å². The SMILES string of the molecule is NC(N)=NC1(CC(CO)CCO)Oc2ccc(cc2)CCC(S(=O)(=O)[O-])C2C=C3CC(CC4CC(CO)CC#Cc5cc(O)ccc5C3O4)C2c2ccc1cc2.[Na+]. The Balaban J connectivity index is 0.00000549. The molecule has 3 aromatic carbocycles. The van der Waals surface area contributed by atoms with Crippen LogP contribution >= 0.6 is 0 Å². The Hall–Kier alpha value is -3.42.